The lowest BCUT2D eigenvalue weighted by Gasteiger charge is -2.13. The van der Waals surface area contributed by atoms with Gasteiger partial charge in [-0.2, -0.15) is 0 Å². The van der Waals surface area contributed by atoms with Crippen molar-refractivity contribution >= 4 is 17.6 Å². The Bertz CT molecular complexity index is 443. The topological polar surface area (TPSA) is 84.2 Å². The number of rotatable bonds is 3. The Morgan fingerprint density at radius 3 is 2.41 bits per heavy atom. The van der Waals surface area contributed by atoms with Crippen LogP contribution in [0.3, 0.4) is 0 Å². The van der Waals surface area contributed by atoms with Crippen molar-refractivity contribution in [1.29, 1.82) is 0 Å². The van der Waals surface area contributed by atoms with E-state index in [1.54, 1.807) is 6.92 Å². The SMILES string of the molecule is Cc1ccc(NC(=O)[C@H](C)NC(N)=O)cc1C. The number of primary amides is 1. The van der Waals surface area contributed by atoms with Gasteiger partial charge in [0.1, 0.15) is 6.04 Å². The number of amides is 3. The molecule has 4 N–H and O–H groups in total. The Kier molecular flexibility index (Phi) is 4.09. The molecule has 0 aliphatic heterocycles. The zero-order valence-electron chi connectivity index (χ0n) is 10.2. The van der Waals surface area contributed by atoms with Crippen molar-refractivity contribution < 1.29 is 9.59 Å². The lowest BCUT2D eigenvalue weighted by Crippen LogP contribution is -2.44. The average molecular weight is 235 g/mol. The zero-order valence-corrected chi connectivity index (χ0v) is 10.2. The van der Waals surface area contributed by atoms with Crippen LogP contribution in [-0.2, 0) is 4.79 Å². The molecule has 0 saturated carbocycles. The van der Waals surface area contributed by atoms with E-state index in [-0.39, 0.29) is 5.91 Å². The first kappa shape index (κ1) is 13.0. The summed E-state index contributed by atoms with van der Waals surface area (Å²) in [5.41, 5.74) is 7.90. The molecule has 0 unspecified atom stereocenters. The van der Waals surface area contributed by atoms with Crippen LogP contribution in [0.5, 0.6) is 0 Å². The van der Waals surface area contributed by atoms with E-state index in [1.807, 2.05) is 32.0 Å². The Labute approximate surface area is 100 Å². The van der Waals surface area contributed by atoms with E-state index in [1.165, 1.54) is 0 Å². The summed E-state index contributed by atoms with van der Waals surface area (Å²) in [5.74, 6) is -0.299. The van der Waals surface area contributed by atoms with Gasteiger partial charge in [0.2, 0.25) is 5.91 Å². The van der Waals surface area contributed by atoms with Gasteiger partial charge in [-0.25, -0.2) is 4.79 Å². The number of benzene rings is 1. The third kappa shape index (κ3) is 3.79. The number of nitrogens with one attached hydrogen (secondary N) is 2. The molecule has 1 rings (SSSR count). The van der Waals surface area contributed by atoms with Crippen LogP contribution in [0.2, 0.25) is 0 Å². The van der Waals surface area contributed by atoms with Gasteiger partial charge in [0.25, 0.3) is 0 Å². The van der Waals surface area contributed by atoms with Crippen LogP contribution in [0.15, 0.2) is 18.2 Å². The van der Waals surface area contributed by atoms with Gasteiger partial charge in [-0.1, -0.05) is 6.07 Å². The van der Waals surface area contributed by atoms with Crippen molar-refractivity contribution in [3.63, 3.8) is 0 Å². The van der Waals surface area contributed by atoms with Crippen LogP contribution in [0.25, 0.3) is 0 Å². The van der Waals surface area contributed by atoms with E-state index in [2.05, 4.69) is 10.6 Å². The summed E-state index contributed by atoms with van der Waals surface area (Å²) in [7, 11) is 0. The van der Waals surface area contributed by atoms with Crippen molar-refractivity contribution in [2.24, 2.45) is 5.73 Å². The summed E-state index contributed by atoms with van der Waals surface area (Å²) < 4.78 is 0. The lowest BCUT2D eigenvalue weighted by atomic mass is 10.1. The predicted octanol–water partition coefficient (Wildman–Crippen LogP) is 1.30. The molecule has 0 saturated heterocycles. The van der Waals surface area contributed by atoms with Crippen LogP contribution in [-0.4, -0.2) is 18.0 Å². The second-order valence-corrected chi connectivity index (χ2v) is 4.02. The number of urea groups is 1. The maximum atomic E-state index is 11.7. The van der Waals surface area contributed by atoms with Gasteiger partial charge >= 0.3 is 6.03 Å². The van der Waals surface area contributed by atoms with E-state index in [0.29, 0.717) is 5.69 Å². The Morgan fingerprint density at radius 2 is 1.88 bits per heavy atom. The summed E-state index contributed by atoms with van der Waals surface area (Å²) in [4.78, 5) is 22.3. The molecule has 0 radical (unpaired) electrons. The van der Waals surface area contributed by atoms with Gasteiger partial charge in [-0.3, -0.25) is 4.79 Å². The minimum Gasteiger partial charge on any atom is -0.352 e. The fourth-order valence-electron chi connectivity index (χ4n) is 1.35. The molecule has 1 atom stereocenters. The Balaban J connectivity index is 2.67. The Hall–Kier alpha value is -2.04. The van der Waals surface area contributed by atoms with Crippen LogP contribution in [0.4, 0.5) is 10.5 Å². The highest BCUT2D eigenvalue weighted by Crippen LogP contribution is 2.14. The number of hydrogen-bond acceptors (Lipinski definition) is 2. The summed E-state index contributed by atoms with van der Waals surface area (Å²) in [6.45, 7) is 5.54. The summed E-state index contributed by atoms with van der Waals surface area (Å²) in [6, 6.07) is 4.25. The van der Waals surface area contributed by atoms with Crippen LogP contribution in [0, 0.1) is 13.8 Å². The highest BCUT2D eigenvalue weighted by Gasteiger charge is 2.13. The molecule has 0 aliphatic carbocycles. The number of anilines is 1. The van der Waals surface area contributed by atoms with Gasteiger partial charge in [-0.15, -0.1) is 0 Å². The second kappa shape index (κ2) is 5.34. The van der Waals surface area contributed by atoms with Crippen LogP contribution >= 0.6 is 0 Å². The first-order valence-electron chi connectivity index (χ1n) is 5.34. The monoisotopic (exact) mass is 235 g/mol. The largest absolute Gasteiger partial charge is 0.352 e. The fraction of sp³-hybridized carbons (Fsp3) is 0.333. The lowest BCUT2D eigenvalue weighted by molar-refractivity contribution is -0.117. The number of hydrogen-bond donors (Lipinski definition) is 3. The number of nitrogens with two attached hydrogens (primary N) is 1. The summed E-state index contributed by atoms with van der Waals surface area (Å²) in [5, 5.41) is 5.02. The smallest absolute Gasteiger partial charge is 0.312 e. The Morgan fingerprint density at radius 1 is 1.24 bits per heavy atom. The van der Waals surface area contributed by atoms with Crippen molar-refractivity contribution in [3.05, 3.63) is 29.3 Å². The van der Waals surface area contributed by atoms with E-state index in [9.17, 15) is 9.59 Å². The average Bonchev–Trinajstić information content (AvgIpc) is 2.22. The molecule has 0 aromatic heterocycles. The van der Waals surface area contributed by atoms with Crippen molar-refractivity contribution in [2.45, 2.75) is 26.8 Å². The summed E-state index contributed by atoms with van der Waals surface area (Å²) >= 11 is 0. The molecule has 92 valence electrons. The van der Waals surface area contributed by atoms with Gasteiger partial charge < -0.3 is 16.4 Å². The first-order chi connectivity index (χ1) is 7.90. The standard InChI is InChI=1S/C12H17N3O2/c1-7-4-5-10(6-8(7)2)15-11(16)9(3)14-12(13)17/h4-6,9H,1-3H3,(H,15,16)(H3,13,14,17)/t9-/m0/s1. The molecule has 17 heavy (non-hydrogen) atoms. The number of carbonyl (C=O) groups is 2. The molecule has 1 aromatic rings. The maximum absolute atomic E-state index is 11.7. The molecular weight excluding hydrogens is 218 g/mol. The van der Waals surface area contributed by atoms with Crippen molar-refractivity contribution in [1.82, 2.24) is 5.32 Å². The van der Waals surface area contributed by atoms with Gasteiger partial charge in [0.15, 0.2) is 0 Å². The molecule has 5 heteroatoms. The molecule has 5 nitrogen and oxygen atoms in total. The molecule has 0 heterocycles. The molecule has 0 bridgehead atoms. The number of carbonyl (C=O) groups excluding carboxylic acids is 2. The minimum atomic E-state index is -0.715. The third-order valence-electron chi connectivity index (χ3n) is 2.53. The van der Waals surface area contributed by atoms with E-state index < -0.39 is 12.1 Å². The van der Waals surface area contributed by atoms with E-state index in [0.717, 1.165) is 11.1 Å². The first-order valence-corrected chi connectivity index (χ1v) is 5.34. The van der Waals surface area contributed by atoms with Gasteiger partial charge in [0, 0.05) is 5.69 Å². The fourth-order valence-corrected chi connectivity index (χ4v) is 1.35. The highest BCUT2D eigenvalue weighted by atomic mass is 16.2. The molecule has 0 fully saturated rings. The molecular formula is C12H17N3O2. The highest BCUT2D eigenvalue weighted by molar-refractivity contribution is 5.96. The third-order valence-corrected chi connectivity index (χ3v) is 2.53. The second-order valence-electron chi connectivity index (χ2n) is 4.02. The van der Waals surface area contributed by atoms with Crippen molar-refractivity contribution in [2.75, 3.05) is 5.32 Å². The minimum absolute atomic E-state index is 0.299. The molecule has 0 spiro atoms. The molecule has 3 amide bonds. The zero-order chi connectivity index (χ0) is 13.0. The molecule has 1 aromatic carbocycles. The van der Waals surface area contributed by atoms with Gasteiger partial charge in [-0.05, 0) is 44.0 Å². The van der Waals surface area contributed by atoms with Gasteiger partial charge in [0.05, 0.1) is 0 Å². The quantitative estimate of drug-likeness (QED) is 0.737. The van der Waals surface area contributed by atoms with E-state index >= 15 is 0 Å². The van der Waals surface area contributed by atoms with E-state index in [4.69, 9.17) is 5.73 Å². The maximum Gasteiger partial charge on any atom is 0.312 e. The predicted molar refractivity (Wildman–Crippen MR) is 66.7 cm³/mol. The van der Waals surface area contributed by atoms with Crippen LogP contribution < -0.4 is 16.4 Å². The van der Waals surface area contributed by atoms with Crippen LogP contribution in [0.1, 0.15) is 18.1 Å². The normalized spacial score (nSPS) is 11.7. The summed E-state index contributed by atoms with van der Waals surface area (Å²) in [6.07, 6.45) is 0. The van der Waals surface area contributed by atoms with Crippen molar-refractivity contribution in [3.8, 4) is 0 Å². The number of aryl methyl sites for hydroxylation is 2. The molecule has 0 aliphatic rings.